The Morgan fingerprint density at radius 3 is 1.32 bits per heavy atom. The highest BCUT2D eigenvalue weighted by Gasteiger charge is 2.21. The van der Waals surface area contributed by atoms with Crippen LogP contribution in [0.1, 0.15) is 91.9 Å². The molecule has 0 radical (unpaired) electrons. The second-order valence-electron chi connectivity index (χ2n) is 9.71. The number of phosphoric ester groups is 2. The molecule has 0 atom stereocenters. The highest BCUT2D eigenvalue weighted by Crippen LogP contribution is 2.38. The Balaban J connectivity index is 3.63. The van der Waals surface area contributed by atoms with E-state index in [0.717, 1.165) is 64.6 Å². The van der Waals surface area contributed by atoms with Crippen LogP contribution in [0, 0.1) is 10.8 Å². The third-order valence-electron chi connectivity index (χ3n) is 5.33. The van der Waals surface area contributed by atoms with Crippen LogP contribution in [-0.4, -0.2) is 46.0 Å². The fourth-order valence-corrected chi connectivity index (χ4v) is 3.99. The van der Waals surface area contributed by atoms with Crippen LogP contribution in [0.4, 0.5) is 0 Å². The molecule has 9 nitrogen and oxygen atoms in total. The van der Waals surface area contributed by atoms with Crippen molar-refractivity contribution in [2.75, 3.05) is 26.4 Å². The van der Waals surface area contributed by atoms with Gasteiger partial charge in [-0.05, 0) is 55.8 Å². The van der Waals surface area contributed by atoms with E-state index in [1.807, 2.05) is 0 Å². The molecule has 0 saturated carbocycles. The van der Waals surface area contributed by atoms with E-state index in [-0.39, 0.29) is 24.0 Å². The van der Waals surface area contributed by atoms with E-state index in [9.17, 15) is 9.13 Å². The van der Waals surface area contributed by atoms with Gasteiger partial charge in [0.1, 0.15) is 0 Å². The third kappa shape index (κ3) is 23.1. The van der Waals surface area contributed by atoms with E-state index >= 15 is 0 Å². The van der Waals surface area contributed by atoms with Crippen LogP contribution in [0.2, 0.25) is 0 Å². The zero-order valence-electron chi connectivity index (χ0n) is 19.6. The largest absolute Gasteiger partial charge is 0.469 e. The summed E-state index contributed by atoms with van der Waals surface area (Å²) in [5.74, 6) is 0. The quantitative estimate of drug-likeness (QED) is 0.134. The SMILES string of the molecule is CC(C)(CCCCOCCCCC(C)(C)CCOP(=O)(O)O)CCCCOP(=O)(O)O. The van der Waals surface area contributed by atoms with Gasteiger partial charge in [0, 0.05) is 13.2 Å². The summed E-state index contributed by atoms with van der Waals surface area (Å²) in [6.45, 7) is 10.2. The molecule has 0 aliphatic carbocycles. The maximum Gasteiger partial charge on any atom is 0.469 e. The molecule has 0 aliphatic heterocycles. The summed E-state index contributed by atoms with van der Waals surface area (Å²) in [5.41, 5.74) is 0.167. The normalized spacial score (nSPS) is 13.7. The first-order chi connectivity index (χ1) is 14.1. The lowest BCUT2D eigenvalue weighted by molar-refractivity contribution is 0.117. The molecule has 0 amide bonds. The van der Waals surface area contributed by atoms with Crippen LogP contribution in [0.15, 0.2) is 0 Å². The van der Waals surface area contributed by atoms with Crippen molar-refractivity contribution < 1.29 is 42.5 Å². The minimum absolute atomic E-state index is 0.0251. The van der Waals surface area contributed by atoms with Gasteiger partial charge in [-0.3, -0.25) is 9.05 Å². The van der Waals surface area contributed by atoms with Crippen LogP contribution in [-0.2, 0) is 22.9 Å². The Bertz CT molecular complexity index is 555. The maximum absolute atomic E-state index is 10.7. The van der Waals surface area contributed by atoms with Crippen molar-refractivity contribution in [1.29, 1.82) is 0 Å². The third-order valence-corrected chi connectivity index (χ3v) is 6.37. The molecule has 0 aromatic rings. The molecule has 188 valence electrons. The first-order valence-electron chi connectivity index (χ1n) is 11.1. The van der Waals surface area contributed by atoms with Gasteiger partial charge in [0.25, 0.3) is 0 Å². The number of ether oxygens (including phenoxy) is 1. The summed E-state index contributed by atoms with van der Waals surface area (Å²) >= 11 is 0. The smallest absolute Gasteiger partial charge is 0.381 e. The van der Waals surface area contributed by atoms with Crippen LogP contribution in [0.25, 0.3) is 0 Å². The van der Waals surface area contributed by atoms with Crippen molar-refractivity contribution in [3.63, 3.8) is 0 Å². The van der Waals surface area contributed by atoms with Gasteiger partial charge in [0.2, 0.25) is 0 Å². The van der Waals surface area contributed by atoms with Crippen molar-refractivity contribution in [2.45, 2.75) is 91.9 Å². The van der Waals surface area contributed by atoms with E-state index in [2.05, 4.69) is 36.7 Å². The molecule has 0 fully saturated rings. The Kier molecular flexibility index (Phi) is 15.2. The molecule has 0 rings (SSSR count). The predicted molar refractivity (Wildman–Crippen MR) is 121 cm³/mol. The molecular formula is C20H44O9P2. The second kappa shape index (κ2) is 15.2. The number of phosphoric acid groups is 2. The van der Waals surface area contributed by atoms with Gasteiger partial charge < -0.3 is 24.3 Å². The topological polar surface area (TPSA) is 143 Å². The van der Waals surface area contributed by atoms with E-state index < -0.39 is 15.6 Å². The van der Waals surface area contributed by atoms with E-state index in [4.69, 9.17) is 24.3 Å². The van der Waals surface area contributed by atoms with E-state index in [0.29, 0.717) is 12.8 Å². The molecule has 11 heteroatoms. The summed E-state index contributed by atoms with van der Waals surface area (Å²) < 4.78 is 36.0. The molecule has 4 N–H and O–H groups in total. The summed E-state index contributed by atoms with van der Waals surface area (Å²) in [4.78, 5) is 34.7. The highest BCUT2D eigenvalue weighted by atomic mass is 31.2. The number of rotatable bonds is 20. The molecule has 31 heavy (non-hydrogen) atoms. The van der Waals surface area contributed by atoms with Gasteiger partial charge in [0.05, 0.1) is 13.2 Å². The lowest BCUT2D eigenvalue weighted by Crippen LogP contribution is -2.14. The minimum Gasteiger partial charge on any atom is -0.381 e. The van der Waals surface area contributed by atoms with E-state index in [1.54, 1.807) is 0 Å². The molecule has 0 aromatic heterocycles. The number of unbranched alkanes of at least 4 members (excludes halogenated alkanes) is 3. The molecule has 0 heterocycles. The summed E-state index contributed by atoms with van der Waals surface area (Å²) in [5, 5.41) is 0. The minimum atomic E-state index is -4.38. The number of hydrogen-bond acceptors (Lipinski definition) is 5. The van der Waals surface area contributed by atoms with Crippen LogP contribution >= 0.6 is 15.6 Å². The Hall–Kier alpha value is 0.180. The van der Waals surface area contributed by atoms with Gasteiger partial charge in [0.15, 0.2) is 0 Å². The molecule has 0 unspecified atom stereocenters. The van der Waals surface area contributed by atoms with Crippen molar-refractivity contribution >= 4 is 15.6 Å². The zero-order chi connectivity index (χ0) is 24.0. The standard InChI is InChI=1S/C20H44O9P2/c1-19(2,12-7-10-17-28-30(21,22)23)11-5-8-15-27-16-9-6-13-20(3,4)14-18-29-31(24,25)26/h5-18H2,1-4H3,(H2,21,22,23)(H2,24,25,26). The highest BCUT2D eigenvalue weighted by molar-refractivity contribution is 7.46. The van der Waals surface area contributed by atoms with Crippen LogP contribution < -0.4 is 0 Å². The summed E-state index contributed by atoms with van der Waals surface area (Å²) in [6, 6.07) is 0. The molecule has 0 bridgehead atoms. The van der Waals surface area contributed by atoms with Crippen molar-refractivity contribution in [3.8, 4) is 0 Å². The predicted octanol–water partition coefficient (Wildman–Crippen LogP) is 5.18. The maximum atomic E-state index is 10.7. The van der Waals surface area contributed by atoms with Gasteiger partial charge in [-0.15, -0.1) is 0 Å². The Morgan fingerprint density at radius 2 is 0.903 bits per heavy atom. The van der Waals surface area contributed by atoms with Crippen LogP contribution in [0.3, 0.4) is 0 Å². The summed E-state index contributed by atoms with van der Waals surface area (Å²) in [7, 11) is -8.72. The first-order valence-corrected chi connectivity index (χ1v) is 14.2. The average Bonchev–Trinajstić information content (AvgIpc) is 2.57. The van der Waals surface area contributed by atoms with E-state index in [1.165, 1.54) is 0 Å². The molecule has 0 aromatic carbocycles. The van der Waals surface area contributed by atoms with Gasteiger partial charge in [-0.2, -0.15) is 0 Å². The van der Waals surface area contributed by atoms with Gasteiger partial charge in [-0.25, -0.2) is 9.13 Å². The Labute approximate surface area is 187 Å². The van der Waals surface area contributed by atoms with Gasteiger partial charge in [-0.1, -0.05) is 47.0 Å². The molecule has 0 aliphatic rings. The zero-order valence-corrected chi connectivity index (χ0v) is 21.4. The fraction of sp³-hybridized carbons (Fsp3) is 1.00. The molecular weight excluding hydrogens is 446 g/mol. The van der Waals surface area contributed by atoms with Crippen molar-refractivity contribution in [1.82, 2.24) is 0 Å². The number of hydrogen-bond donors (Lipinski definition) is 4. The van der Waals surface area contributed by atoms with Crippen LogP contribution in [0.5, 0.6) is 0 Å². The molecule has 0 spiro atoms. The first kappa shape index (κ1) is 31.2. The fourth-order valence-electron chi connectivity index (χ4n) is 3.30. The average molecular weight is 491 g/mol. The van der Waals surface area contributed by atoms with Crippen molar-refractivity contribution in [3.05, 3.63) is 0 Å². The lowest BCUT2D eigenvalue weighted by Gasteiger charge is -2.25. The summed E-state index contributed by atoms with van der Waals surface area (Å²) in [6.07, 6.45) is 9.21. The molecule has 0 saturated heterocycles. The lowest BCUT2D eigenvalue weighted by atomic mass is 9.82. The monoisotopic (exact) mass is 490 g/mol. The van der Waals surface area contributed by atoms with Gasteiger partial charge >= 0.3 is 15.6 Å². The Morgan fingerprint density at radius 1 is 0.548 bits per heavy atom. The second-order valence-corrected chi connectivity index (χ2v) is 12.2. The van der Waals surface area contributed by atoms with Crippen molar-refractivity contribution in [2.24, 2.45) is 10.8 Å².